The Morgan fingerprint density at radius 3 is 2.76 bits per heavy atom. The Balaban J connectivity index is 1.22. The van der Waals surface area contributed by atoms with Crippen LogP contribution in [0.2, 0.25) is 5.02 Å². The number of nitrogens with one attached hydrogen (secondary N) is 1. The van der Waals surface area contributed by atoms with Crippen molar-refractivity contribution in [1.82, 2.24) is 15.2 Å². The zero-order chi connectivity index (χ0) is 25.4. The minimum Gasteiger partial charge on any atom is -0.486 e. The standard InChI is InChI=1S/C28H28ClN3O4S/c29-19-6-3-5-18(15-19)25-23(31-27(37-25)17-10-11-17)28(34)32-12-2-1-7-20(32)16-30-26(33)21-8-4-9-22-24(21)36-14-13-35-22/h3-6,8-9,15,17,20H,1-2,7,10-14,16H2,(H,30,33)/t20-/m0/s1. The molecule has 2 fully saturated rings. The number of hydrogen-bond donors (Lipinski definition) is 1. The van der Waals surface area contributed by atoms with Crippen LogP contribution in [0.15, 0.2) is 42.5 Å². The predicted octanol–water partition coefficient (Wildman–Crippen LogP) is 5.54. The Morgan fingerprint density at radius 2 is 1.92 bits per heavy atom. The van der Waals surface area contributed by atoms with Crippen LogP contribution in [0.4, 0.5) is 0 Å². The lowest BCUT2D eigenvalue weighted by atomic mass is 10.0. The highest BCUT2D eigenvalue weighted by atomic mass is 35.5. The third-order valence-corrected chi connectivity index (χ3v) is 8.56. The fourth-order valence-corrected chi connectivity index (χ4v) is 6.40. The van der Waals surface area contributed by atoms with Crippen LogP contribution in [0.25, 0.3) is 10.4 Å². The molecule has 0 spiro atoms. The molecule has 37 heavy (non-hydrogen) atoms. The Bertz CT molecular complexity index is 1340. The first kappa shape index (κ1) is 24.2. The Hall–Kier alpha value is -3.10. The van der Waals surface area contributed by atoms with E-state index in [4.69, 9.17) is 26.1 Å². The van der Waals surface area contributed by atoms with Gasteiger partial charge in [0.15, 0.2) is 11.5 Å². The molecule has 6 rings (SSSR count). The number of nitrogens with zero attached hydrogens (tertiary/aromatic N) is 2. The Kier molecular flexibility index (Phi) is 6.78. The first-order valence-electron chi connectivity index (χ1n) is 12.8. The Labute approximate surface area is 224 Å². The van der Waals surface area contributed by atoms with Gasteiger partial charge in [-0.05, 0) is 61.9 Å². The minimum absolute atomic E-state index is 0.0779. The lowest BCUT2D eigenvalue weighted by molar-refractivity contribution is 0.0597. The van der Waals surface area contributed by atoms with E-state index >= 15 is 0 Å². The van der Waals surface area contributed by atoms with Gasteiger partial charge in [-0.2, -0.15) is 0 Å². The van der Waals surface area contributed by atoms with E-state index in [1.165, 1.54) is 0 Å². The largest absolute Gasteiger partial charge is 0.486 e. The number of fused-ring (bicyclic) bond motifs is 1. The summed E-state index contributed by atoms with van der Waals surface area (Å²) in [5, 5.41) is 4.70. The van der Waals surface area contributed by atoms with Crippen LogP contribution in [0.1, 0.15) is 63.9 Å². The molecule has 0 bridgehead atoms. The third-order valence-electron chi connectivity index (χ3n) is 7.06. The van der Waals surface area contributed by atoms with Crippen LogP contribution >= 0.6 is 22.9 Å². The summed E-state index contributed by atoms with van der Waals surface area (Å²) in [6.07, 6.45) is 5.00. The number of thiazole rings is 1. The number of aromatic nitrogens is 1. The van der Waals surface area contributed by atoms with Crippen molar-refractivity contribution in [1.29, 1.82) is 0 Å². The summed E-state index contributed by atoms with van der Waals surface area (Å²) in [6.45, 7) is 1.88. The highest BCUT2D eigenvalue weighted by molar-refractivity contribution is 7.15. The molecule has 2 aliphatic heterocycles. The summed E-state index contributed by atoms with van der Waals surface area (Å²) < 4.78 is 11.3. The van der Waals surface area contributed by atoms with Gasteiger partial charge >= 0.3 is 0 Å². The van der Waals surface area contributed by atoms with Crippen molar-refractivity contribution in [2.45, 2.75) is 44.1 Å². The maximum Gasteiger partial charge on any atom is 0.274 e. The molecule has 2 aromatic carbocycles. The highest BCUT2D eigenvalue weighted by Crippen LogP contribution is 2.45. The number of likely N-dealkylation sites (tertiary alicyclic amines) is 1. The van der Waals surface area contributed by atoms with E-state index in [2.05, 4.69) is 5.32 Å². The van der Waals surface area contributed by atoms with Crippen molar-refractivity contribution in [2.75, 3.05) is 26.3 Å². The molecular weight excluding hydrogens is 510 g/mol. The molecule has 3 aliphatic rings. The van der Waals surface area contributed by atoms with Gasteiger partial charge in [-0.3, -0.25) is 9.59 Å². The molecule has 3 aromatic rings. The van der Waals surface area contributed by atoms with Gasteiger partial charge in [0.25, 0.3) is 11.8 Å². The van der Waals surface area contributed by atoms with Crippen LogP contribution in [0.5, 0.6) is 11.5 Å². The van der Waals surface area contributed by atoms with Crippen molar-refractivity contribution < 1.29 is 19.1 Å². The van der Waals surface area contributed by atoms with Gasteiger partial charge in [-0.1, -0.05) is 29.8 Å². The first-order chi connectivity index (χ1) is 18.1. The van der Waals surface area contributed by atoms with Crippen molar-refractivity contribution in [3.05, 3.63) is 63.8 Å². The molecule has 192 valence electrons. The number of ether oxygens (including phenoxy) is 2. The minimum atomic E-state index is -0.232. The average Bonchev–Trinajstić information content (AvgIpc) is 3.69. The van der Waals surface area contributed by atoms with E-state index in [-0.39, 0.29) is 17.9 Å². The van der Waals surface area contributed by atoms with E-state index < -0.39 is 0 Å². The van der Waals surface area contributed by atoms with Crippen molar-refractivity contribution in [2.24, 2.45) is 0 Å². The number of hydrogen-bond acceptors (Lipinski definition) is 6. The molecule has 9 heteroatoms. The quantitative estimate of drug-likeness (QED) is 0.447. The average molecular weight is 538 g/mol. The van der Waals surface area contributed by atoms with Crippen LogP contribution in [-0.2, 0) is 0 Å². The second-order valence-corrected chi connectivity index (χ2v) is 11.2. The maximum absolute atomic E-state index is 13.9. The number of carbonyl (C=O) groups excluding carboxylic acids is 2. The summed E-state index contributed by atoms with van der Waals surface area (Å²) in [4.78, 5) is 34.6. The summed E-state index contributed by atoms with van der Waals surface area (Å²) in [5.74, 6) is 1.19. The van der Waals surface area contributed by atoms with Gasteiger partial charge in [-0.25, -0.2) is 4.98 Å². The van der Waals surface area contributed by atoms with Crippen molar-refractivity contribution in [3.63, 3.8) is 0 Å². The lowest BCUT2D eigenvalue weighted by Gasteiger charge is -2.35. The fraction of sp³-hybridized carbons (Fsp3) is 0.393. The van der Waals surface area contributed by atoms with Crippen molar-refractivity contribution in [3.8, 4) is 21.9 Å². The maximum atomic E-state index is 13.9. The zero-order valence-corrected chi connectivity index (χ0v) is 21.9. The van der Waals surface area contributed by atoms with Gasteiger partial charge in [0, 0.05) is 30.1 Å². The molecule has 7 nitrogen and oxygen atoms in total. The van der Waals surface area contributed by atoms with Gasteiger partial charge in [0.2, 0.25) is 0 Å². The topological polar surface area (TPSA) is 80.8 Å². The molecule has 1 atom stereocenters. The first-order valence-corrected chi connectivity index (χ1v) is 14.0. The monoisotopic (exact) mass is 537 g/mol. The van der Waals surface area contributed by atoms with E-state index in [1.54, 1.807) is 29.5 Å². The molecule has 1 saturated carbocycles. The second kappa shape index (κ2) is 10.3. The molecule has 0 radical (unpaired) electrons. The fourth-order valence-electron chi connectivity index (χ4n) is 4.99. The van der Waals surface area contributed by atoms with Crippen LogP contribution in [-0.4, -0.2) is 54.0 Å². The number of amides is 2. The number of piperidine rings is 1. The number of rotatable bonds is 6. The second-order valence-electron chi connectivity index (χ2n) is 9.70. The van der Waals surface area contributed by atoms with Crippen LogP contribution in [0, 0.1) is 0 Å². The number of carbonyl (C=O) groups is 2. The molecule has 2 amide bonds. The number of para-hydroxylation sites is 1. The predicted molar refractivity (Wildman–Crippen MR) is 143 cm³/mol. The Morgan fingerprint density at radius 1 is 1.08 bits per heavy atom. The highest BCUT2D eigenvalue weighted by Gasteiger charge is 2.35. The van der Waals surface area contributed by atoms with E-state index in [0.717, 1.165) is 47.6 Å². The number of halogens is 1. The summed E-state index contributed by atoms with van der Waals surface area (Å²) in [7, 11) is 0. The SMILES string of the molecule is O=C(NC[C@@H]1CCCCN1C(=O)c1nc(C2CC2)sc1-c1cccc(Cl)c1)c1cccc2c1OCCO2. The van der Waals surface area contributed by atoms with E-state index in [1.807, 2.05) is 29.2 Å². The molecule has 1 saturated heterocycles. The summed E-state index contributed by atoms with van der Waals surface area (Å²) in [6, 6.07) is 12.8. The smallest absolute Gasteiger partial charge is 0.274 e. The number of benzene rings is 2. The van der Waals surface area contributed by atoms with Crippen molar-refractivity contribution >= 4 is 34.8 Å². The van der Waals surface area contributed by atoms with E-state index in [0.29, 0.717) is 60.0 Å². The third kappa shape index (κ3) is 5.05. The molecule has 1 N–H and O–H groups in total. The summed E-state index contributed by atoms with van der Waals surface area (Å²) in [5.41, 5.74) is 1.86. The van der Waals surface area contributed by atoms with Crippen LogP contribution in [0.3, 0.4) is 0 Å². The molecule has 1 aromatic heterocycles. The molecule has 3 heterocycles. The normalized spacial score (nSPS) is 18.9. The summed E-state index contributed by atoms with van der Waals surface area (Å²) >= 11 is 7.88. The molecule has 0 unspecified atom stereocenters. The zero-order valence-electron chi connectivity index (χ0n) is 20.4. The lowest BCUT2D eigenvalue weighted by Crippen LogP contribution is -2.49. The van der Waals surface area contributed by atoms with E-state index in [9.17, 15) is 9.59 Å². The van der Waals surface area contributed by atoms with Gasteiger partial charge in [0.05, 0.1) is 15.4 Å². The van der Waals surface area contributed by atoms with Crippen LogP contribution < -0.4 is 14.8 Å². The van der Waals surface area contributed by atoms with Gasteiger partial charge < -0.3 is 19.7 Å². The van der Waals surface area contributed by atoms with Gasteiger partial charge in [0.1, 0.15) is 18.9 Å². The molecule has 1 aliphatic carbocycles. The molecular formula is C28H28ClN3O4S. The van der Waals surface area contributed by atoms with Gasteiger partial charge in [-0.15, -0.1) is 11.3 Å².